The molecule has 1 fully saturated rings. The van der Waals surface area contributed by atoms with Crippen LogP contribution in [-0.4, -0.2) is 75.7 Å². The van der Waals surface area contributed by atoms with Crippen molar-refractivity contribution in [3.63, 3.8) is 0 Å². The van der Waals surface area contributed by atoms with Crippen molar-refractivity contribution in [3.8, 4) is 0 Å². The summed E-state index contributed by atoms with van der Waals surface area (Å²) in [4.78, 5) is 62.6. The topological polar surface area (TPSA) is 274 Å². The molecule has 0 aliphatic carbocycles. The van der Waals surface area contributed by atoms with E-state index < -0.39 is 60.2 Å². The van der Waals surface area contributed by atoms with Crippen molar-refractivity contribution in [2.24, 2.45) is 5.92 Å². The van der Waals surface area contributed by atoms with Crippen molar-refractivity contribution in [1.82, 2.24) is 19.5 Å². The van der Waals surface area contributed by atoms with Crippen molar-refractivity contribution in [1.29, 1.82) is 0 Å². The predicted molar refractivity (Wildman–Crippen MR) is 117 cm³/mol. The maximum Gasteiger partial charge on any atom is 0.490 e. The van der Waals surface area contributed by atoms with Crippen LogP contribution in [0.2, 0.25) is 0 Å². The van der Waals surface area contributed by atoms with Crippen LogP contribution in [0.4, 0.5) is 10.5 Å². The second-order valence-corrected chi connectivity index (χ2v) is 12.4. The highest BCUT2D eigenvalue weighted by molar-refractivity contribution is 7.66. The third kappa shape index (κ3) is 7.70. The van der Waals surface area contributed by atoms with Crippen molar-refractivity contribution < 1.29 is 65.7 Å². The second kappa shape index (κ2) is 11.2. The molecule has 0 saturated carbocycles. The van der Waals surface area contributed by atoms with Gasteiger partial charge in [-0.05, 0) is 10.4 Å². The van der Waals surface area contributed by atoms with Crippen molar-refractivity contribution in [3.05, 3.63) is 16.7 Å². The van der Waals surface area contributed by atoms with E-state index in [0.29, 0.717) is 6.54 Å². The molecule has 0 radical (unpaired) electrons. The summed E-state index contributed by atoms with van der Waals surface area (Å²) in [6.07, 6.45) is -5.78. The first kappa shape index (κ1) is 29.9. The van der Waals surface area contributed by atoms with Gasteiger partial charge in [0.2, 0.25) is 5.95 Å². The molecule has 0 bridgehead atoms. The Bertz CT molecular complexity index is 1310. The van der Waals surface area contributed by atoms with Gasteiger partial charge in [0.15, 0.2) is 23.5 Å². The summed E-state index contributed by atoms with van der Waals surface area (Å²) in [5, 5.41) is 13.3. The highest BCUT2D eigenvalue weighted by Crippen LogP contribution is 2.66. The maximum atomic E-state index is 13.4. The fraction of sp³-hybridized carbons (Fsp3) is 0.643. The van der Waals surface area contributed by atoms with E-state index in [4.69, 9.17) is 14.5 Å². The summed E-state index contributed by atoms with van der Waals surface area (Å²) < 4.78 is 65.5. The normalized spacial score (nSPS) is 25.9. The van der Waals surface area contributed by atoms with Crippen LogP contribution in [0.3, 0.4) is 0 Å². The lowest BCUT2D eigenvalue weighted by molar-refractivity contribution is -0.220. The minimum Gasteiger partial charge on any atom is -0.387 e. The van der Waals surface area contributed by atoms with Gasteiger partial charge in [-0.3, -0.25) is 18.9 Å². The standard InChI is InChI=1S/C14H23FN5O14P3/c1-6(2)3-16-14-18-11-8(12(22)19-14)17-5-20(11)13-10(32-15)9(21)7(31-13)4-30-36(26,27)34-37(28,29)33-35(23,24)25/h5-7,9-10,13,21H,3-4H2,1-2H3,(H,26,27)(H,28,29)(H2,23,24,25)(H2,16,18,19,22)/t7-,9+,10-,13-/m1/s1. The van der Waals surface area contributed by atoms with E-state index in [9.17, 15) is 37.9 Å². The lowest BCUT2D eigenvalue weighted by atomic mass is 10.1. The molecule has 2 aromatic heterocycles. The molecular formula is C14H23FN5O14P3. The van der Waals surface area contributed by atoms with E-state index in [1.54, 1.807) is 0 Å². The van der Waals surface area contributed by atoms with Gasteiger partial charge in [0.25, 0.3) is 5.56 Å². The van der Waals surface area contributed by atoms with Crippen LogP contribution in [0.5, 0.6) is 0 Å². The summed E-state index contributed by atoms with van der Waals surface area (Å²) in [6, 6.07) is 0. The van der Waals surface area contributed by atoms with Crippen LogP contribution in [0, 0.1) is 5.92 Å². The van der Waals surface area contributed by atoms with Crippen molar-refractivity contribution >= 4 is 40.6 Å². The molecular weight excluding hydrogens is 574 g/mol. The zero-order chi connectivity index (χ0) is 27.8. The van der Waals surface area contributed by atoms with E-state index in [1.165, 1.54) is 0 Å². The first-order valence-electron chi connectivity index (χ1n) is 10.1. The van der Waals surface area contributed by atoms with Gasteiger partial charge >= 0.3 is 23.5 Å². The van der Waals surface area contributed by atoms with Crippen LogP contribution in [0.25, 0.3) is 11.2 Å². The number of hydrogen-bond acceptors (Lipinski definition) is 13. The molecule has 210 valence electrons. The molecule has 0 spiro atoms. The first-order valence-corrected chi connectivity index (χ1v) is 14.6. The lowest BCUT2D eigenvalue weighted by Gasteiger charge is -2.19. The van der Waals surface area contributed by atoms with E-state index in [0.717, 1.165) is 10.9 Å². The average Bonchev–Trinajstić information content (AvgIpc) is 3.29. The molecule has 2 aromatic rings. The molecule has 2 unspecified atom stereocenters. The molecule has 19 nitrogen and oxygen atoms in total. The Hall–Kier alpha value is -1.63. The van der Waals surface area contributed by atoms with Crippen LogP contribution >= 0.6 is 23.5 Å². The quantitative estimate of drug-likeness (QED) is 0.159. The SMILES string of the molecule is CC(C)CNc1nc2c(ncn2[C@@H]2O[C@H](COP(=O)(O)OP(=O)(O)OP(=O)(O)O)[C@H](O)[C@H]2OF)c(=O)[nH]1. The predicted octanol–water partition coefficient (Wildman–Crippen LogP) is 0.0588. The number of aromatic nitrogens is 4. The average molecular weight is 597 g/mol. The third-order valence-corrected chi connectivity index (χ3v) is 8.42. The number of hydrogen-bond donors (Lipinski definition) is 7. The largest absolute Gasteiger partial charge is 0.490 e. The Morgan fingerprint density at radius 2 is 1.89 bits per heavy atom. The molecule has 0 aromatic carbocycles. The van der Waals surface area contributed by atoms with Crippen LogP contribution in [0.15, 0.2) is 11.1 Å². The number of phosphoric ester groups is 1. The van der Waals surface area contributed by atoms with Gasteiger partial charge in [0.1, 0.15) is 12.2 Å². The summed E-state index contributed by atoms with van der Waals surface area (Å²) >= 11 is 0. The molecule has 23 heteroatoms. The van der Waals surface area contributed by atoms with Gasteiger partial charge < -0.3 is 34.7 Å². The summed E-state index contributed by atoms with van der Waals surface area (Å²) in [7, 11) is -16.9. The van der Waals surface area contributed by atoms with Gasteiger partial charge in [0.05, 0.1) is 12.9 Å². The molecule has 6 atom stereocenters. The number of H-pyrrole nitrogens is 1. The number of aromatic amines is 1. The smallest absolute Gasteiger partial charge is 0.387 e. The van der Waals surface area contributed by atoms with E-state index in [2.05, 4.69) is 38.4 Å². The molecule has 1 saturated heterocycles. The minimum atomic E-state index is -5.78. The van der Waals surface area contributed by atoms with Crippen LogP contribution in [0.1, 0.15) is 20.1 Å². The number of aliphatic hydroxyl groups excluding tert-OH is 1. The fourth-order valence-corrected chi connectivity index (χ4v) is 6.17. The Morgan fingerprint density at radius 1 is 1.22 bits per heavy atom. The Kier molecular flexibility index (Phi) is 9.08. The van der Waals surface area contributed by atoms with Crippen molar-refractivity contribution in [2.75, 3.05) is 18.5 Å². The minimum absolute atomic E-state index is 0.0634. The molecule has 3 rings (SSSR count). The Morgan fingerprint density at radius 3 is 2.49 bits per heavy atom. The monoisotopic (exact) mass is 597 g/mol. The Labute approximate surface area is 205 Å². The summed E-state index contributed by atoms with van der Waals surface area (Å²) in [5.41, 5.74) is -0.902. The van der Waals surface area contributed by atoms with E-state index in [1.807, 2.05) is 13.8 Å². The number of ether oxygens (including phenoxy) is 1. The molecule has 3 heterocycles. The van der Waals surface area contributed by atoms with Gasteiger partial charge in [-0.2, -0.15) is 18.5 Å². The maximum absolute atomic E-state index is 13.4. The van der Waals surface area contributed by atoms with Gasteiger partial charge in [-0.25, -0.2) is 18.7 Å². The number of aliphatic hydroxyl groups is 1. The van der Waals surface area contributed by atoms with E-state index in [-0.39, 0.29) is 23.0 Å². The molecule has 37 heavy (non-hydrogen) atoms. The fourth-order valence-electron chi connectivity index (χ4n) is 3.14. The summed E-state index contributed by atoms with van der Waals surface area (Å²) in [6.45, 7) is 3.18. The van der Waals surface area contributed by atoms with Crippen LogP contribution in [-0.2, 0) is 36.5 Å². The summed E-state index contributed by atoms with van der Waals surface area (Å²) in [5.74, 6) is 0.257. The number of nitrogens with zero attached hydrogens (tertiary/aromatic N) is 3. The van der Waals surface area contributed by atoms with E-state index >= 15 is 0 Å². The van der Waals surface area contributed by atoms with Gasteiger partial charge in [-0.15, -0.1) is 0 Å². The number of rotatable bonds is 12. The number of anilines is 1. The number of halogens is 1. The molecule has 1 aliphatic rings. The number of imidazole rings is 1. The molecule has 0 amide bonds. The zero-order valence-electron chi connectivity index (χ0n) is 18.8. The Balaban J connectivity index is 1.79. The van der Waals surface area contributed by atoms with Gasteiger partial charge in [-0.1, -0.05) is 13.8 Å². The first-order chi connectivity index (χ1) is 17.0. The van der Waals surface area contributed by atoms with Crippen LogP contribution < -0.4 is 10.9 Å². The van der Waals surface area contributed by atoms with Gasteiger partial charge in [0, 0.05) is 6.54 Å². The second-order valence-electron chi connectivity index (χ2n) is 8.01. The number of phosphoric acid groups is 3. The third-order valence-electron chi connectivity index (χ3n) is 4.62. The number of fused-ring (bicyclic) bond motifs is 1. The lowest BCUT2D eigenvalue weighted by Crippen LogP contribution is -2.34. The highest BCUT2D eigenvalue weighted by atomic mass is 31.3. The molecule has 1 aliphatic heterocycles. The zero-order valence-corrected chi connectivity index (χ0v) is 21.5. The molecule has 7 N–H and O–H groups in total. The highest BCUT2D eigenvalue weighted by Gasteiger charge is 2.49. The van der Waals surface area contributed by atoms with Crippen molar-refractivity contribution in [2.45, 2.75) is 38.4 Å². The number of nitrogens with one attached hydrogen (secondary N) is 2.